The Morgan fingerprint density at radius 3 is 2.60 bits per heavy atom. The van der Waals surface area contributed by atoms with Gasteiger partial charge in [-0.05, 0) is 30.0 Å². The van der Waals surface area contributed by atoms with Gasteiger partial charge in [-0.2, -0.15) is 0 Å². The third-order valence-electron chi connectivity index (χ3n) is 3.24. The molecule has 1 aliphatic carbocycles. The maximum Gasteiger partial charge on any atom is 0.0927 e. The predicted octanol–water partition coefficient (Wildman–Crippen LogP) is 1.86. The molecule has 15 heavy (non-hydrogen) atoms. The SMILES string of the molecule is CC1CC1(O)c1ccc2nccnc2c1. The molecule has 2 unspecified atom stereocenters. The Hall–Kier alpha value is -1.48. The second-order valence-corrected chi connectivity index (χ2v) is 4.29. The molecule has 1 heterocycles. The third-order valence-corrected chi connectivity index (χ3v) is 3.24. The Morgan fingerprint density at radius 1 is 1.27 bits per heavy atom. The lowest BCUT2D eigenvalue weighted by atomic mass is 10.1. The van der Waals surface area contributed by atoms with Crippen LogP contribution >= 0.6 is 0 Å². The summed E-state index contributed by atoms with van der Waals surface area (Å²) < 4.78 is 0. The molecule has 0 spiro atoms. The highest BCUT2D eigenvalue weighted by Crippen LogP contribution is 2.51. The predicted molar refractivity (Wildman–Crippen MR) is 57.2 cm³/mol. The zero-order valence-electron chi connectivity index (χ0n) is 8.51. The number of nitrogens with zero attached hydrogens (tertiary/aromatic N) is 2. The topological polar surface area (TPSA) is 46.0 Å². The van der Waals surface area contributed by atoms with Crippen molar-refractivity contribution in [2.75, 3.05) is 0 Å². The molecule has 1 aromatic carbocycles. The lowest BCUT2D eigenvalue weighted by Crippen LogP contribution is -2.07. The van der Waals surface area contributed by atoms with Gasteiger partial charge in [-0.1, -0.05) is 13.0 Å². The molecule has 1 saturated carbocycles. The van der Waals surface area contributed by atoms with Crippen molar-refractivity contribution in [1.82, 2.24) is 9.97 Å². The van der Waals surface area contributed by atoms with E-state index in [2.05, 4.69) is 16.9 Å². The number of hydrogen-bond donors (Lipinski definition) is 1. The lowest BCUT2D eigenvalue weighted by molar-refractivity contribution is 0.135. The van der Waals surface area contributed by atoms with Crippen molar-refractivity contribution >= 4 is 11.0 Å². The fraction of sp³-hybridized carbons (Fsp3) is 0.333. The van der Waals surface area contributed by atoms with Crippen molar-refractivity contribution in [1.29, 1.82) is 0 Å². The summed E-state index contributed by atoms with van der Waals surface area (Å²) in [6.07, 6.45) is 4.20. The molecule has 1 aromatic heterocycles. The van der Waals surface area contributed by atoms with Gasteiger partial charge in [0.05, 0.1) is 16.6 Å². The van der Waals surface area contributed by atoms with Crippen molar-refractivity contribution in [2.24, 2.45) is 5.92 Å². The molecule has 0 amide bonds. The highest BCUT2D eigenvalue weighted by atomic mass is 16.3. The Kier molecular flexibility index (Phi) is 1.62. The van der Waals surface area contributed by atoms with Crippen molar-refractivity contribution in [3.05, 3.63) is 36.2 Å². The maximum atomic E-state index is 10.2. The average Bonchev–Trinajstić information content (AvgIpc) is 2.88. The van der Waals surface area contributed by atoms with E-state index in [9.17, 15) is 5.11 Å². The smallest absolute Gasteiger partial charge is 0.0927 e. The highest BCUT2D eigenvalue weighted by molar-refractivity contribution is 5.74. The lowest BCUT2D eigenvalue weighted by Gasteiger charge is -2.09. The van der Waals surface area contributed by atoms with E-state index in [0.717, 1.165) is 23.0 Å². The summed E-state index contributed by atoms with van der Waals surface area (Å²) in [4.78, 5) is 8.43. The van der Waals surface area contributed by atoms with Crippen LogP contribution in [0.3, 0.4) is 0 Å². The number of aliphatic hydroxyl groups is 1. The molecule has 0 aliphatic heterocycles. The van der Waals surface area contributed by atoms with Gasteiger partial charge >= 0.3 is 0 Å². The van der Waals surface area contributed by atoms with E-state index in [-0.39, 0.29) is 0 Å². The maximum absolute atomic E-state index is 10.2. The minimum atomic E-state index is -0.619. The largest absolute Gasteiger partial charge is 0.385 e. The number of hydrogen-bond acceptors (Lipinski definition) is 3. The van der Waals surface area contributed by atoms with Gasteiger partial charge in [0.1, 0.15) is 0 Å². The molecule has 1 fully saturated rings. The van der Waals surface area contributed by atoms with Crippen LogP contribution in [0.4, 0.5) is 0 Å². The van der Waals surface area contributed by atoms with E-state index in [4.69, 9.17) is 0 Å². The molecule has 2 aromatic rings. The number of benzene rings is 1. The molecule has 1 N–H and O–H groups in total. The Labute approximate surface area is 87.8 Å². The van der Waals surface area contributed by atoms with Crippen LogP contribution in [0.15, 0.2) is 30.6 Å². The van der Waals surface area contributed by atoms with Gasteiger partial charge < -0.3 is 5.11 Å². The van der Waals surface area contributed by atoms with E-state index in [1.54, 1.807) is 12.4 Å². The monoisotopic (exact) mass is 200 g/mol. The van der Waals surface area contributed by atoms with E-state index >= 15 is 0 Å². The summed E-state index contributed by atoms with van der Waals surface area (Å²) in [6.45, 7) is 2.06. The zero-order valence-corrected chi connectivity index (χ0v) is 8.51. The summed E-state index contributed by atoms with van der Waals surface area (Å²) >= 11 is 0. The van der Waals surface area contributed by atoms with Crippen LogP contribution in [0.2, 0.25) is 0 Å². The van der Waals surface area contributed by atoms with Crippen LogP contribution in [-0.2, 0) is 5.60 Å². The Morgan fingerprint density at radius 2 is 1.93 bits per heavy atom. The van der Waals surface area contributed by atoms with Crippen LogP contribution in [0.1, 0.15) is 18.9 Å². The van der Waals surface area contributed by atoms with E-state index < -0.39 is 5.60 Å². The van der Waals surface area contributed by atoms with Gasteiger partial charge in [0.25, 0.3) is 0 Å². The Bertz CT molecular complexity index is 526. The molecule has 3 nitrogen and oxygen atoms in total. The van der Waals surface area contributed by atoms with Gasteiger partial charge in [0.2, 0.25) is 0 Å². The molecule has 2 atom stereocenters. The fourth-order valence-corrected chi connectivity index (χ4v) is 2.04. The zero-order chi connectivity index (χ0) is 10.5. The van der Waals surface area contributed by atoms with Crippen molar-refractivity contribution < 1.29 is 5.11 Å². The number of rotatable bonds is 1. The number of aromatic nitrogens is 2. The minimum absolute atomic E-state index is 0.353. The van der Waals surface area contributed by atoms with Crippen molar-refractivity contribution in [3.8, 4) is 0 Å². The summed E-state index contributed by atoms with van der Waals surface area (Å²) in [6, 6.07) is 5.80. The molecular weight excluding hydrogens is 188 g/mol. The molecular formula is C12H12N2O. The minimum Gasteiger partial charge on any atom is -0.385 e. The van der Waals surface area contributed by atoms with Gasteiger partial charge in [0, 0.05) is 12.4 Å². The first kappa shape index (κ1) is 8.80. The number of fused-ring (bicyclic) bond motifs is 1. The standard InChI is InChI=1S/C12H12N2O/c1-8-7-12(8,15)9-2-3-10-11(6-9)14-5-4-13-10/h2-6,8,15H,7H2,1H3. The van der Waals surface area contributed by atoms with E-state index in [1.807, 2.05) is 18.2 Å². The molecule has 0 radical (unpaired) electrons. The molecule has 3 rings (SSSR count). The van der Waals surface area contributed by atoms with Crippen LogP contribution in [-0.4, -0.2) is 15.1 Å². The first-order valence-electron chi connectivity index (χ1n) is 5.14. The second kappa shape index (κ2) is 2.76. The fourth-order valence-electron chi connectivity index (χ4n) is 2.04. The summed E-state index contributed by atoms with van der Waals surface area (Å²) in [5.41, 5.74) is 2.06. The third kappa shape index (κ3) is 1.23. The molecule has 0 saturated heterocycles. The van der Waals surface area contributed by atoms with Gasteiger partial charge in [0.15, 0.2) is 0 Å². The normalized spacial score (nSPS) is 29.3. The van der Waals surface area contributed by atoms with Crippen molar-refractivity contribution in [2.45, 2.75) is 18.9 Å². The van der Waals surface area contributed by atoms with Gasteiger partial charge in [-0.3, -0.25) is 9.97 Å². The van der Waals surface area contributed by atoms with Gasteiger partial charge in [-0.15, -0.1) is 0 Å². The molecule has 0 bridgehead atoms. The summed E-state index contributed by atoms with van der Waals surface area (Å²) in [5, 5.41) is 10.2. The second-order valence-electron chi connectivity index (χ2n) is 4.29. The average molecular weight is 200 g/mol. The highest BCUT2D eigenvalue weighted by Gasteiger charge is 2.50. The van der Waals surface area contributed by atoms with Gasteiger partial charge in [-0.25, -0.2) is 0 Å². The quantitative estimate of drug-likeness (QED) is 0.764. The van der Waals surface area contributed by atoms with E-state index in [1.165, 1.54) is 0 Å². The molecule has 3 heteroatoms. The summed E-state index contributed by atoms with van der Waals surface area (Å²) in [5.74, 6) is 0.353. The van der Waals surface area contributed by atoms with Crippen LogP contribution in [0.5, 0.6) is 0 Å². The molecule has 76 valence electrons. The summed E-state index contributed by atoms with van der Waals surface area (Å²) in [7, 11) is 0. The van der Waals surface area contributed by atoms with Crippen LogP contribution < -0.4 is 0 Å². The van der Waals surface area contributed by atoms with E-state index in [0.29, 0.717) is 5.92 Å². The van der Waals surface area contributed by atoms with Crippen molar-refractivity contribution in [3.63, 3.8) is 0 Å². The first-order chi connectivity index (χ1) is 7.20. The first-order valence-corrected chi connectivity index (χ1v) is 5.14. The van der Waals surface area contributed by atoms with Crippen LogP contribution in [0, 0.1) is 5.92 Å². The Balaban J connectivity index is 2.15. The van der Waals surface area contributed by atoms with Crippen LogP contribution in [0.25, 0.3) is 11.0 Å². The molecule has 1 aliphatic rings.